The number of benzene rings is 2. The third-order valence-corrected chi connectivity index (χ3v) is 8.38. The predicted molar refractivity (Wildman–Crippen MR) is 121 cm³/mol. The van der Waals surface area contributed by atoms with Crippen molar-refractivity contribution in [2.45, 2.75) is 31.1 Å². The van der Waals surface area contributed by atoms with Gasteiger partial charge < -0.3 is 4.90 Å². The molecule has 2 unspecified atom stereocenters. The monoisotopic (exact) mass is 451 g/mol. The lowest BCUT2D eigenvalue weighted by atomic mass is 10.0. The lowest BCUT2D eigenvalue weighted by Gasteiger charge is -2.28. The minimum absolute atomic E-state index is 0.00760. The van der Waals surface area contributed by atoms with Crippen LogP contribution in [0.5, 0.6) is 0 Å². The topological polar surface area (TPSA) is 54.5 Å². The van der Waals surface area contributed by atoms with Gasteiger partial charge in [-0.3, -0.25) is 4.79 Å². The summed E-state index contributed by atoms with van der Waals surface area (Å²) >= 11 is 7.62. The van der Waals surface area contributed by atoms with Crippen molar-refractivity contribution in [1.82, 2.24) is 4.90 Å². The molecule has 1 aliphatic heterocycles. The maximum Gasteiger partial charge on any atom is 0.232 e. The SMILES string of the molecule is CCCN(C(=O)CSC(c1ccccc1)c1ccc(Cl)cc1)C1CCS(=O)(=O)C1. The first kappa shape index (κ1) is 22.2. The van der Waals surface area contributed by atoms with E-state index in [1.807, 2.05) is 49.4 Å². The summed E-state index contributed by atoms with van der Waals surface area (Å²) in [7, 11) is -3.03. The second-order valence-electron chi connectivity index (χ2n) is 7.30. The van der Waals surface area contributed by atoms with Gasteiger partial charge in [-0.05, 0) is 36.1 Å². The van der Waals surface area contributed by atoms with E-state index in [2.05, 4.69) is 12.1 Å². The zero-order chi connectivity index (χ0) is 20.9. The lowest BCUT2D eigenvalue weighted by Crippen LogP contribution is -2.42. The zero-order valence-corrected chi connectivity index (χ0v) is 18.8. The lowest BCUT2D eigenvalue weighted by molar-refractivity contribution is -0.130. The first-order valence-corrected chi connectivity index (χ1v) is 13.1. The van der Waals surface area contributed by atoms with Gasteiger partial charge in [-0.1, -0.05) is 61.0 Å². The van der Waals surface area contributed by atoms with Crippen LogP contribution in [0.25, 0.3) is 0 Å². The molecule has 0 aromatic heterocycles. The molecule has 1 fully saturated rings. The molecule has 2 aromatic rings. The van der Waals surface area contributed by atoms with Crippen LogP contribution in [0.3, 0.4) is 0 Å². The molecule has 1 amide bonds. The number of rotatable bonds is 8. The summed E-state index contributed by atoms with van der Waals surface area (Å²) in [6.45, 7) is 2.61. The molecule has 0 bridgehead atoms. The summed E-state index contributed by atoms with van der Waals surface area (Å²) < 4.78 is 23.8. The largest absolute Gasteiger partial charge is 0.338 e. The summed E-state index contributed by atoms with van der Waals surface area (Å²) in [5.41, 5.74) is 2.21. The van der Waals surface area contributed by atoms with Gasteiger partial charge in [-0.2, -0.15) is 0 Å². The summed E-state index contributed by atoms with van der Waals surface area (Å²) in [6.07, 6.45) is 1.35. The Bertz CT molecular complexity index is 917. The third-order valence-electron chi connectivity index (χ3n) is 5.08. The molecule has 1 saturated heterocycles. The Kier molecular flexibility index (Phi) is 7.66. The molecule has 3 rings (SSSR count). The van der Waals surface area contributed by atoms with Gasteiger partial charge in [0.1, 0.15) is 0 Å². The molecular formula is C22H26ClNO3S2. The standard InChI is InChI=1S/C22H26ClNO3S2/c1-2-13-24(20-12-14-29(26,27)16-20)21(25)15-28-22(17-6-4-3-5-7-17)18-8-10-19(23)11-9-18/h3-11,20,22H,2,12-16H2,1H3. The molecule has 156 valence electrons. The number of sulfone groups is 1. The molecule has 0 aliphatic carbocycles. The minimum Gasteiger partial charge on any atom is -0.338 e. The summed E-state index contributed by atoms with van der Waals surface area (Å²) in [4.78, 5) is 14.8. The number of carbonyl (C=O) groups is 1. The molecule has 0 N–H and O–H groups in total. The summed E-state index contributed by atoms with van der Waals surface area (Å²) in [5, 5.41) is 0.686. The normalized spacial score (nSPS) is 19.0. The molecule has 0 saturated carbocycles. The van der Waals surface area contributed by atoms with Crippen LogP contribution in [0.1, 0.15) is 36.1 Å². The minimum atomic E-state index is -3.03. The molecule has 0 radical (unpaired) electrons. The van der Waals surface area contributed by atoms with Crippen LogP contribution in [0.15, 0.2) is 54.6 Å². The molecule has 2 atom stereocenters. The number of carbonyl (C=O) groups excluding carboxylic acids is 1. The molecule has 1 heterocycles. The highest BCUT2D eigenvalue weighted by atomic mass is 35.5. The average molecular weight is 452 g/mol. The number of amides is 1. The van der Waals surface area contributed by atoms with Crippen molar-refractivity contribution in [2.24, 2.45) is 0 Å². The Balaban J connectivity index is 1.75. The van der Waals surface area contributed by atoms with E-state index in [0.29, 0.717) is 23.7 Å². The van der Waals surface area contributed by atoms with Crippen molar-refractivity contribution in [3.05, 3.63) is 70.7 Å². The van der Waals surface area contributed by atoms with Crippen LogP contribution in [-0.4, -0.2) is 49.1 Å². The van der Waals surface area contributed by atoms with Gasteiger partial charge in [0.05, 0.1) is 22.5 Å². The van der Waals surface area contributed by atoms with Crippen molar-refractivity contribution in [3.63, 3.8) is 0 Å². The maximum atomic E-state index is 13.0. The third kappa shape index (κ3) is 6.00. The quantitative estimate of drug-likeness (QED) is 0.589. The highest BCUT2D eigenvalue weighted by Crippen LogP contribution is 2.36. The fraction of sp³-hybridized carbons (Fsp3) is 0.409. The Labute approximate surface area is 182 Å². The first-order chi connectivity index (χ1) is 13.9. The van der Waals surface area contributed by atoms with Crippen LogP contribution >= 0.6 is 23.4 Å². The van der Waals surface area contributed by atoms with Crippen LogP contribution in [0, 0.1) is 0 Å². The summed E-state index contributed by atoms with van der Waals surface area (Å²) in [6, 6.07) is 17.6. The van der Waals surface area contributed by atoms with Crippen LogP contribution in [-0.2, 0) is 14.6 Å². The van der Waals surface area contributed by atoms with E-state index >= 15 is 0 Å². The number of hydrogen-bond acceptors (Lipinski definition) is 4. The van der Waals surface area contributed by atoms with Gasteiger partial charge in [-0.25, -0.2) is 8.42 Å². The molecule has 1 aliphatic rings. The average Bonchev–Trinajstić information content (AvgIpc) is 3.07. The first-order valence-electron chi connectivity index (χ1n) is 9.81. The molecule has 29 heavy (non-hydrogen) atoms. The fourth-order valence-electron chi connectivity index (χ4n) is 3.66. The van der Waals surface area contributed by atoms with E-state index in [4.69, 9.17) is 11.6 Å². The Morgan fingerprint density at radius 3 is 2.38 bits per heavy atom. The predicted octanol–water partition coefficient (Wildman–Crippen LogP) is 4.59. The molecular weight excluding hydrogens is 426 g/mol. The van der Waals surface area contributed by atoms with E-state index < -0.39 is 9.84 Å². The Hall–Kier alpha value is -1.50. The number of hydrogen-bond donors (Lipinski definition) is 0. The molecule has 4 nitrogen and oxygen atoms in total. The smallest absolute Gasteiger partial charge is 0.232 e. The molecule has 2 aromatic carbocycles. The van der Waals surface area contributed by atoms with E-state index in [9.17, 15) is 13.2 Å². The molecule has 7 heteroatoms. The van der Waals surface area contributed by atoms with Crippen molar-refractivity contribution in [1.29, 1.82) is 0 Å². The molecule has 0 spiro atoms. The van der Waals surface area contributed by atoms with Gasteiger partial charge in [0.25, 0.3) is 0 Å². The highest BCUT2D eigenvalue weighted by Gasteiger charge is 2.34. The van der Waals surface area contributed by atoms with Crippen LogP contribution in [0.2, 0.25) is 5.02 Å². The van der Waals surface area contributed by atoms with Crippen LogP contribution in [0.4, 0.5) is 0 Å². The number of halogens is 1. The van der Waals surface area contributed by atoms with Crippen molar-refractivity contribution in [2.75, 3.05) is 23.8 Å². The van der Waals surface area contributed by atoms with E-state index in [-0.39, 0.29) is 28.7 Å². The number of nitrogens with zero attached hydrogens (tertiary/aromatic N) is 1. The van der Waals surface area contributed by atoms with Crippen LogP contribution < -0.4 is 0 Å². The van der Waals surface area contributed by atoms with E-state index in [0.717, 1.165) is 17.5 Å². The second-order valence-corrected chi connectivity index (χ2v) is 11.1. The van der Waals surface area contributed by atoms with Crippen molar-refractivity contribution >= 4 is 39.1 Å². The second kappa shape index (κ2) is 10.0. The Morgan fingerprint density at radius 2 is 1.79 bits per heavy atom. The highest BCUT2D eigenvalue weighted by molar-refractivity contribution is 8.00. The van der Waals surface area contributed by atoms with Gasteiger partial charge in [0, 0.05) is 17.6 Å². The van der Waals surface area contributed by atoms with Gasteiger partial charge in [0.15, 0.2) is 9.84 Å². The maximum absolute atomic E-state index is 13.0. The van der Waals surface area contributed by atoms with E-state index in [1.165, 1.54) is 0 Å². The summed E-state index contributed by atoms with van der Waals surface area (Å²) in [5.74, 6) is 0.575. The van der Waals surface area contributed by atoms with Gasteiger partial charge in [-0.15, -0.1) is 11.8 Å². The fourth-order valence-corrected chi connectivity index (χ4v) is 6.69. The number of thioether (sulfide) groups is 1. The Morgan fingerprint density at radius 1 is 1.14 bits per heavy atom. The van der Waals surface area contributed by atoms with Crippen molar-refractivity contribution in [3.8, 4) is 0 Å². The zero-order valence-electron chi connectivity index (χ0n) is 16.5. The van der Waals surface area contributed by atoms with Crippen molar-refractivity contribution < 1.29 is 13.2 Å². The van der Waals surface area contributed by atoms with Gasteiger partial charge in [0.2, 0.25) is 5.91 Å². The van der Waals surface area contributed by atoms with Gasteiger partial charge >= 0.3 is 0 Å². The van der Waals surface area contributed by atoms with E-state index in [1.54, 1.807) is 16.7 Å².